The van der Waals surface area contributed by atoms with E-state index in [-0.39, 0.29) is 12.5 Å². The van der Waals surface area contributed by atoms with Crippen molar-refractivity contribution in [2.75, 3.05) is 18.5 Å². The van der Waals surface area contributed by atoms with Crippen LogP contribution >= 0.6 is 0 Å². The van der Waals surface area contributed by atoms with Gasteiger partial charge in [0.2, 0.25) is 5.91 Å². The number of aromatic nitrogens is 2. The summed E-state index contributed by atoms with van der Waals surface area (Å²) in [5, 5.41) is 2.83. The maximum absolute atomic E-state index is 11.8. The van der Waals surface area contributed by atoms with Gasteiger partial charge in [-0.15, -0.1) is 0 Å². The van der Waals surface area contributed by atoms with Crippen molar-refractivity contribution in [2.24, 2.45) is 5.92 Å². The van der Waals surface area contributed by atoms with Crippen LogP contribution in [0.15, 0.2) is 36.7 Å². The van der Waals surface area contributed by atoms with Crippen LogP contribution in [0.2, 0.25) is 0 Å². The fraction of sp³-hybridized carbons (Fsp3) is 0.333. The zero-order chi connectivity index (χ0) is 13.8. The van der Waals surface area contributed by atoms with Crippen LogP contribution in [-0.4, -0.2) is 29.1 Å². The third-order valence-electron chi connectivity index (χ3n) is 3.20. The van der Waals surface area contributed by atoms with Crippen LogP contribution in [0.1, 0.15) is 12.8 Å². The van der Waals surface area contributed by atoms with E-state index in [1.54, 1.807) is 12.4 Å². The first-order valence-corrected chi connectivity index (χ1v) is 6.78. The first kappa shape index (κ1) is 12.9. The van der Waals surface area contributed by atoms with Gasteiger partial charge in [-0.25, -0.2) is 4.98 Å². The van der Waals surface area contributed by atoms with Crippen molar-refractivity contribution in [2.45, 2.75) is 12.8 Å². The summed E-state index contributed by atoms with van der Waals surface area (Å²) in [7, 11) is 0. The summed E-state index contributed by atoms with van der Waals surface area (Å²) in [6.07, 6.45) is 5.93. The van der Waals surface area contributed by atoms with Crippen LogP contribution < -0.4 is 5.32 Å². The van der Waals surface area contributed by atoms with E-state index >= 15 is 0 Å². The zero-order valence-corrected chi connectivity index (χ0v) is 11.1. The van der Waals surface area contributed by atoms with Crippen LogP contribution in [-0.2, 0) is 9.53 Å². The van der Waals surface area contributed by atoms with E-state index in [1.807, 2.05) is 24.3 Å². The molecule has 0 spiro atoms. The molecule has 5 heteroatoms. The number of hydrogen-bond acceptors (Lipinski definition) is 3. The maximum atomic E-state index is 11.8. The smallest absolute Gasteiger partial charge is 0.250 e. The van der Waals surface area contributed by atoms with E-state index in [9.17, 15) is 4.79 Å². The van der Waals surface area contributed by atoms with Crippen LogP contribution in [0.4, 0.5) is 5.69 Å². The number of H-pyrrole nitrogens is 1. The van der Waals surface area contributed by atoms with E-state index in [0.717, 1.165) is 17.1 Å². The Morgan fingerprint density at radius 3 is 3.10 bits per heavy atom. The van der Waals surface area contributed by atoms with E-state index in [4.69, 9.17) is 4.74 Å². The Labute approximate surface area is 117 Å². The van der Waals surface area contributed by atoms with Crippen LogP contribution in [0, 0.1) is 5.92 Å². The second-order valence-corrected chi connectivity index (χ2v) is 5.03. The highest BCUT2D eigenvalue weighted by Crippen LogP contribution is 2.28. The predicted octanol–water partition coefficient (Wildman–Crippen LogP) is 2.44. The minimum absolute atomic E-state index is 0.113. The first-order valence-electron chi connectivity index (χ1n) is 6.78. The number of amides is 1. The number of imidazole rings is 1. The summed E-state index contributed by atoms with van der Waals surface area (Å²) in [4.78, 5) is 19.0. The molecular weight excluding hydrogens is 254 g/mol. The molecule has 1 amide bonds. The summed E-state index contributed by atoms with van der Waals surface area (Å²) in [5.41, 5.74) is 1.69. The third kappa shape index (κ3) is 3.45. The minimum atomic E-state index is -0.123. The Balaban J connectivity index is 1.56. The van der Waals surface area contributed by atoms with Gasteiger partial charge in [-0.05, 0) is 30.9 Å². The standard InChI is InChI=1S/C15H17N3O2/c19-14(10-20-9-11-4-5-11)18-13-3-1-2-12(8-13)15-16-6-7-17-15/h1-3,6-8,11H,4-5,9-10H2,(H,16,17)(H,18,19). The summed E-state index contributed by atoms with van der Waals surface area (Å²) in [6, 6.07) is 7.57. The largest absolute Gasteiger partial charge is 0.371 e. The number of rotatable bonds is 6. The highest BCUT2D eigenvalue weighted by Gasteiger charge is 2.21. The first-order chi connectivity index (χ1) is 9.81. The fourth-order valence-electron chi connectivity index (χ4n) is 1.97. The minimum Gasteiger partial charge on any atom is -0.371 e. The third-order valence-corrected chi connectivity index (χ3v) is 3.20. The number of ether oxygens (including phenoxy) is 1. The number of nitrogens with one attached hydrogen (secondary N) is 2. The highest BCUT2D eigenvalue weighted by molar-refractivity contribution is 5.92. The molecule has 104 valence electrons. The predicted molar refractivity (Wildman–Crippen MR) is 76.2 cm³/mol. The lowest BCUT2D eigenvalue weighted by Crippen LogP contribution is -2.19. The van der Waals surface area contributed by atoms with E-state index in [2.05, 4.69) is 15.3 Å². The number of benzene rings is 1. The van der Waals surface area contributed by atoms with Gasteiger partial charge in [0.05, 0.1) is 6.61 Å². The van der Waals surface area contributed by atoms with Gasteiger partial charge in [-0.3, -0.25) is 4.79 Å². The molecule has 1 aromatic carbocycles. The molecule has 0 atom stereocenters. The quantitative estimate of drug-likeness (QED) is 0.848. The molecule has 1 saturated carbocycles. The Hall–Kier alpha value is -2.14. The maximum Gasteiger partial charge on any atom is 0.250 e. The summed E-state index contributed by atoms with van der Waals surface area (Å²) >= 11 is 0. The van der Waals surface area contributed by atoms with Gasteiger partial charge in [-0.2, -0.15) is 0 Å². The SMILES string of the molecule is O=C(COCC1CC1)Nc1cccc(-c2ncc[nH]2)c1. The van der Waals surface area contributed by atoms with E-state index in [1.165, 1.54) is 12.8 Å². The topological polar surface area (TPSA) is 67.0 Å². The van der Waals surface area contributed by atoms with Crippen molar-refractivity contribution in [3.8, 4) is 11.4 Å². The monoisotopic (exact) mass is 271 g/mol. The van der Waals surface area contributed by atoms with Gasteiger partial charge in [-0.1, -0.05) is 12.1 Å². The van der Waals surface area contributed by atoms with Crippen molar-refractivity contribution in [1.82, 2.24) is 9.97 Å². The van der Waals surface area contributed by atoms with Gasteiger partial charge < -0.3 is 15.0 Å². The molecule has 1 heterocycles. The molecule has 2 aromatic rings. The molecule has 2 N–H and O–H groups in total. The van der Waals surface area contributed by atoms with Gasteiger partial charge in [0.25, 0.3) is 0 Å². The number of carbonyl (C=O) groups is 1. The van der Waals surface area contributed by atoms with Crippen molar-refractivity contribution < 1.29 is 9.53 Å². The van der Waals surface area contributed by atoms with Crippen molar-refractivity contribution in [3.05, 3.63) is 36.7 Å². The second-order valence-electron chi connectivity index (χ2n) is 5.03. The van der Waals surface area contributed by atoms with Gasteiger partial charge in [0, 0.05) is 23.6 Å². The number of carbonyl (C=O) groups excluding carboxylic acids is 1. The normalized spacial score (nSPS) is 14.2. The lowest BCUT2D eigenvalue weighted by molar-refractivity contribution is -0.120. The summed E-state index contributed by atoms with van der Waals surface area (Å²) in [5.74, 6) is 1.33. The summed E-state index contributed by atoms with van der Waals surface area (Å²) < 4.78 is 5.36. The Morgan fingerprint density at radius 2 is 2.35 bits per heavy atom. The number of hydrogen-bond donors (Lipinski definition) is 2. The van der Waals surface area contributed by atoms with Gasteiger partial charge >= 0.3 is 0 Å². The van der Waals surface area contributed by atoms with Crippen molar-refractivity contribution >= 4 is 11.6 Å². The average Bonchev–Trinajstić information content (AvgIpc) is 3.10. The number of anilines is 1. The molecular formula is C15H17N3O2. The molecule has 1 fully saturated rings. The molecule has 0 saturated heterocycles. The van der Waals surface area contributed by atoms with Crippen LogP contribution in [0.25, 0.3) is 11.4 Å². The van der Waals surface area contributed by atoms with Gasteiger partial charge in [0.15, 0.2) is 0 Å². The number of nitrogens with zero attached hydrogens (tertiary/aromatic N) is 1. The lowest BCUT2D eigenvalue weighted by atomic mass is 10.2. The van der Waals surface area contributed by atoms with E-state index < -0.39 is 0 Å². The molecule has 20 heavy (non-hydrogen) atoms. The van der Waals surface area contributed by atoms with E-state index in [0.29, 0.717) is 12.5 Å². The zero-order valence-electron chi connectivity index (χ0n) is 11.1. The van der Waals surface area contributed by atoms with Crippen molar-refractivity contribution in [1.29, 1.82) is 0 Å². The van der Waals surface area contributed by atoms with Crippen molar-refractivity contribution in [3.63, 3.8) is 0 Å². The fourth-order valence-corrected chi connectivity index (χ4v) is 1.97. The molecule has 0 unspecified atom stereocenters. The second kappa shape index (κ2) is 5.88. The Bertz CT molecular complexity index is 577. The molecule has 3 rings (SSSR count). The molecule has 1 aliphatic carbocycles. The van der Waals surface area contributed by atoms with Crippen LogP contribution in [0.5, 0.6) is 0 Å². The number of aromatic amines is 1. The molecule has 0 bridgehead atoms. The Kier molecular flexibility index (Phi) is 3.78. The molecule has 5 nitrogen and oxygen atoms in total. The molecule has 0 radical (unpaired) electrons. The molecule has 1 aromatic heterocycles. The Morgan fingerprint density at radius 1 is 1.45 bits per heavy atom. The molecule has 0 aliphatic heterocycles. The lowest BCUT2D eigenvalue weighted by Gasteiger charge is -2.07. The molecule has 1 aliphatic rings. The van der Waals surface area contributed by atoms with Gasteiger partial charge in [0.1, 0.15) is 12.4 Å². The highest BCUT2D eigenvalue weighted by atomic mass is 16.5. The summed E-state index contributed by atoms with van der Waals surface area (Å²) in [6.45, 7) is 0.807. The average molecular weight is 271 g/mol. The van der Waals surface area contributed by atoms with Crippen LogP contribution in [0.3, 0.4) is 0 Å².